The third-order valence-corrected chi connectivity index (χ3v) is 6.44. The molecular formula is C18H10Cl2N2S2. The molecule has 0 bridgehead atoms. The van der Waals surface area contributed by atoms with Gasteiger partial charge in [0.2, 0.25) is 0 Å². The van der Waals surface area contributed by atoms with Gasteiger partial charge in [-0.2, -0.15) is 0 Å². The lowest BCUT2D eigenvalue weighted by molar-refractivity contribution is 1.30. The highest BCUT2D eigenvalue weighted by molar-refractivity contribution is 8.76. The number of para-hydroxylation sites is 2. The van der Waals surface area contributed by atoms with E-state index in [1.54, 1.807) is 21.6 Å². The number of hydrogen-bond acceptors (Lipinski definition) is 4. The largest absolute Gasteiger partial charge is 0.253 e. The van der Waals surface area contributed by atoms with E-state index in [2.05, 4.69) is 22.1 Å². The molecule has 0 unspecified atom stereocenters. The minimum absolute atomic E-state index is 0.673. The molecule has 4 rings (SSSR count). The third-order valence-electron chi connectivity index (χ3n) is 3.51. The average Bonchev–Trinajstić information content (AvgIpc) is 2.60. The van der Waals surface area contributed by atoms with E-state index in [9.17, 15) is 0 Å². The van der Waals surface area contributed by atoms with Crippen molar-refractivity contribution in [3.8, 4) is 0 Å². The van der Waals surface area contributed by atoms with E-state index < -0.39 is 0 Å². The molecule has 6 heteroatoms. The number of halogens is 2. The minimum atomic E-state index is 0.673. The Hall–Kier alpha value is -1.46. The fourth-order valence-corrected chi connectivity index (χ4v) is 4.71. The molecule has 2 aromatic heterocycles. The van der Waals surface area contributed by atoms with E-state index in [1.807, 2.05) is 48.8 Å². The van der Waals surface area contributed by atoms with E-state index >= 15 is 0 Å². The van der Waals surface area contributed by atoms with Crippen LogP contribution < -0.4 is 0 Å². The van der Waals surface area contributed by atoms with Gasteiger partial charge >= 0.3 is 0 Å². The van der Waals surface area contributed by atoms with Crippen LogP contribution in [-0.2, 0) is 0 Å². The average molecular weight is 389 g/mol. The highest BCUT2D eigenvalue weighted by Gasteiger charge is 2.05. The molecule has 0 saturated heterocycles. The Bertz CT molecular complexity index is 968. The summed E-state index contributed by atoms with van der Waals surface area (Å²) in [5.41, 5.74) is 1.66. The first-order chi connectivity index (χ1) is 11.7. The zero-order valence-electron chi connectivity index (χ0n) is 12.2. The molecule has 0 atom stereocenters. The summed E-state index contributed by atoms with van der Waals surface area (Å²) in [5, 5.41) is 3.42. The fourth-order valence-electron chi connectivity index (χ4n) is 2.39. The number of fused-ring (bicyclic) bond motifs is 2. The van der Waals surface area contributed by atoms with Crippen LogP contribution in [0.15, 0.2) is 70.7 Å². The summed E-state index contributed by atoms with van der Waals surface area (Å²) < 4.78 is 0. The number of benzene rings is 2. The maximum atomic E-state index is 6.16. The van der Waals surface area contributed by atoms with Crippen LogP contribution in [0.25, 0.3) is 21.8 Å². The van der Waals surface area contributed by atoms with Gasteiger partial charge in [0.15, 0.2) is 0 Å². The van der Waals surface area contributed by atoms with E-state index in [4.69, 9.17) is 23.2 Å². The van der Waals surface area contributed by atoms with E-state index in [0.29, 0.717) is 10.0 Å². The van der Waals surface area contributed by atoms with Crippen LogP contribution in [0.4, 0.5) is 0 Å². The molecule has 0 N–H and O–H groups in total. The van der Waals surface area contributed by atoms with Crippen LogP contribution in [0.5, 0.6) is 0 Å². The van der Waals surface area contributed by atoms with Gasteiger partial charge in [0.1, 0.15) is 0 Å². The third kappa shape index (κ3) is 3.20. The first-order valence-corrected chi connectivity index (χ1v) is 10.0. The lowest BCUT2D eigenvalue weighted by Gasteiger charge is -2.05. The van der Waals surface area contributed by atoms with Crippen LogP contribution >= 0.6 is 44.8 Å². The van der Waals surface area contributed by atoms with Gasteiger partial charge in [0, 0.05) is 33.0 Å². The summed E-state index contributed by atoms with van der Waals surface area (Å²) in [4.78, 5) is 11.1. The van der Waals surface area contributed by atoms with Crippen molar-refractivity contribution >= 4 is 66.6 Å². The number of hydrogen-bond donors (Lipinski definition) is 0. The summed E-state index contributed by atoms with van der Waals surface area (Å²) in [6, 6.07) is 15.8. The van der Waals surface area contributed by atoms with Crippen molar-refractivity contribution in [3.05, 3.63) is 71.0 Å². The van der Waals surface area contributed by atoms with E-state index in [1.165, 1.54) is 0 Å². The van der Waals surface area contributed by atoms with Crippen molar-refractivity contribution in [3.63, 3.8) is 0 Å². The van der Waals surface area contributed by atoms with Gasteiger partial charge in [-0.1, -0.05) is 69.1 Å². The normalized spacial score (nSPS) is 11.2. The van der Waals surface area contributed by atoms with Gasteiger partial charge in [-0.05, 0) is 24.3 Å². The summed E-state index contributed by atoms with van der Waals surface area (Å²) >= 11 is 12.3. The molecule has 0 fully saturated rings. The Balaban J connectivity index is 1.58. The Morgan fingerprint density at radius 2 is 1.12 bits per heavy atom. The van der Waals surface area contributed by atoms with Crippen molar-refractivity contribution < 1.29 is 0 Å². The lowest BCUT2D eigenvalue weighted by Crippen LogP contribution is -1.82. The maximum Gasteiger partial charge on any atom is 0.0888 e. The predicted octanol–water partition coefficient (Wildman–Crippen LogP) is 6.89. The quantitative estimate of drug-likeness (QED) is 0.356. The van der Waals surface area contributed by atoms with Gasteiger partial charge in [-0.15, -0.1) is 0 Å². The summed E-state index contributed by atoms with van der Waals surface area (Å²) in [7, 11) is 3.29. The Kier molecular flexibility index (Phi) is 4.55. The highest BCUT2D eigenvalue weighted by atomic mass is 35.5. The highest BCUT2D eigenvalue weighted by Crippen LogP contribution is 2.39. The second kappa shape index (κ2) is 6.81. The summed E-state index contributed by atoms with van der Waals surface area (Å²) in [5.74, 6) is 0. The second-order valence-electron chi connectivity index (χ2n) is 5.13. The Labute approximate surface area is 157 Å². The monoisotopic (exact) mass is 388 g/mol. The number of pyridine rings is 2. The lowest BCUT2D eigenvalue weighted by atomic mass is 10.2. The molecule has 118 valence electrons. The van der Waals surface area contributed by atoms with Crippen molar-refractivity contribution in [2.45, 2.75) is 9.79 Å². The topological polar surface area (TPSA) is 25.8 Å². The van der Waals surface area contributed by atoms with Crippen LogP contribution in [0.3, 0.4) is 0 Å². The van der Waals surface area contributed by atoms with Crippen molar-refractivity contribution in [2.24, 2.45) is 0 Å². The van der Waals surface area contributed by atoms with Crippen LogP contribution in [0.2, 0.25) is 10.0 Å². The summed E-state index contributed by atoms with van der Waals surface area (Å²) in [6.45, 7) is 0. The maximum absolute atomic E-state index is 6.16. The SMILES string of the molecule is Clc1cccc2cc(SSc3cnc4c(Cl)cccc4c3)cnc12. The molecule has 24 heavy (non-hydrogen) atoms. The van der Waals surface area contributed by atoms with Gasteiger partial charge in [-0.25, -0.2) is 0 Å². The molecule has 0 spiro atoms. The van der Waals surface area contributed by atoms with E-state index in [-0.39, 0.29) is 0 Å². The van der Waals surface area contributed by atoms with Crippen LogP contribution in [-0.4, -0.2) is 9.97 Å². The smallest absolute Gasteiger partial charge is 0.0888 e. The first-order valence-electron chi connectivity index (χ1n) is 7.14. The molecular weight excluding hydrogens is 379 g/mol. The molecule has 2 heterocycles. The van der Waals surface area contributed by atoms with Crippen molar-refractivity contribution in [1.82, 2.24) is 9.97 Å². The fraction of sp³-hybridized carbons (Fsp3) is 0. The molecule has 4 aromatic rings. The van der Waals surface area contributed by atoms with Crippen LogP contribution in [0, 0.1) is 0 Å². The zero-order chi connectivity index (χ0) is 16.5. The number of aromatic nitrogens is 2. The minimum Gasteiger partial charge on any atom is -0.253 e. The molecule has 0 aliphatic heterocycles. The molecule has 2 nitrogen and oxygen atoms in total. The molecule has 0 aliphatic rings. The number of nitrogens with zero attached hydrogens (tertiary/aromatic N) is 2. The van der Waals surface area contributed by atoms with Gasteiger partial charge in [-0.3, -0.25) is 9.97 Å². The first kappa shape index (κ1) is 16.0. The second-order valence-corrected chi connectivity index (χ2v) is 8.22. The van der Waals surface area contributed by atoms with Gasteiger partial charge < -0.3 is 0 Å². The Morgan fingerprint density at radius 1 is 0.667 bits per heavy atom. The van der Waals surface area contributed by atoms with Crippen LogP contribution in [0.1, 0.15) is 0 Å². The number of rotatable bonds is 3. The molecule has 0 amide bonds. The van der Waals surface area contributed by atoms with Gasteiger partial charge in [0.25, 0.3) is 0 Å². The standard InChI is InChI=1S/C18H10Cl2N2S2/c19-15-5-1-3-11-7-13(9-21-17(11)15)23-24-14-8-12-4-2-6-16(20)18(12)22-10-14/h1-10H. The molecule has 0 radical (unpaired) electrons. The molecule has 0 aliphatic carbocycles. The van der Waals surface area contributed by atoms with Crippen molar-refractivity contribution in [1.29, 1.82) is 0 Å². The van der Waals surface area contributed by atoms with Crippen molar-refractivity contribution in [2.75, 3.05) is 0 Å². The predicted molar refractivity (Wildman–Crippen MR) is 105 cm³/mol. The molecule has 2 aromatic carbocycles. The van der Waals surface area contributed by atoms with Gasteiger partial charge in [0.05, 0.1) is 21.1 Å². The summed E-state index contributed by atoms with van der Waals surface area (Å²) in [6.07, 6.45) is 3.69. The molecule has 0 saturated carbocycles. The zero-order valence-corrected chi connectivity index (χ0v) is 15.4. The Morgan fingerprint density at radius 3 is 1.58 bits per heavy atom. The van der Waals surface area contributed by atoms with E-state index in [0.717, 1.165) is 31.6 Å².